The van der Waals surface area contributed by atoms with E-state index in [2.05, 4.69) is 20.1 Å². The molecule has 0 spiro atoms. The van der Waals surface area contributed by atoms with E-state index in [0.29, 0.717) is 5.69 Å². The first kappa shape index (κ1) is 16.1. The van der Waals surface area contributed by atoms with Crippen LogP contribution in [0.1, 0.15) is 25.7 Å². The minimum Gasteiger partial charge on any atom is -0.366 e. The summed E-state index contributed by atoms with van der Waals surface area (Å²) in [5.74, 6) is 1.83. The van der Waals surface area contributed by atoms with E-state index >= 15 is 0 Å². The summed E-state index contributed by atoms with van der Waals surface area (Å²) in [6.45, 7) is 4.39. The fraction of sp³-hybridized carbons (Fsp3) is 0.611. The zero-order chi connectivity index (χ0) is 16.1. The van der Waals surface area contributed by atoms with E-state index in [-0.39, 0.29) is 5.82 Å². The number of anilines is 1. The molecular formula is C18H27FN4. The smallest absolute Gasteiger partial charge is 0.193 e. The van der Waals surface area contributed by atoms with Crippen LogP contribution in [-0.2, 0) is 0 Å². The molecule has 0 unspecified atom stereocenters. The van der Waals surface area contributed by atoms with Crippen LogP contribution in [0.2, 0.25) is 0 Å². The topological polar surface area (TPSA) is 30.9 Å². The number of para-hydroxylation sites is 1. The number of piperazine rings is 1. The third kappa shape index (κ3) is 4.36. The lowest BCUT2D eigenvalue weighted by Gasteiger charge is -2.37. The highest BCUT2D eigenvalue weighted by molar-refractivity contribution is 5.80. The number of guanidine groups is 1. The first-order chi connectivity index (χ1) is 11.3. The lowest BCUT2D eigenvalue weighted by molar-refractivity contribution is 0.370. The first-order valence-electron chi connectivity index (χ1n) is 8.73. The maximum absolute atomic E-state index is 13.9. The largest absolute Gasteiger partial charge is 0.366 e. The van der Waals surface area contributed by atoms with Crippen molar-refractivity contribution in [2.45, 2.75) is 25.7 Å². The number of nitrogens with zero attached hydrogens (tertiary/aromatic N) is 3. The van der Waals surface area contributed by atoms with Gasteiger partial charge in [0.2, 0.25) is 0 Å². The lowest BCUT2D eigenvalue weighted by atomic mass is 10.2. The van der Waals surface area contributed by atoms with Crippen LogP contribution in [0.25, 0.3) is 0 Å². The minimum absolute atomic E-state index is 0.136. The number of benzene rings is 1. The summed E-state index contributed by atoms with van der Waals surface area (Å²) in [5, 5.41) is 3.47. The fourth-order valence-electron chi connectivity index (χ4n) is 3.20. The Labute approximate surface area is 138 Å². The molecule has 0 aromatic heterocycles. The molecule has 0 radical (unpaired) electrons. The number of hydrogen-bond donors (Lipinski definition) is 1. The molecular weight excluding hydrogens is 291 g/mol. The molecule has 1 aromatic rings. The van der Waals surface area contributed by atoms with Crippen LogP contribution in [0, 0.1) is 11.7 Å². The Kier molecular flexibility index (Phi) is 5.36. The van der Waals surface area contributed by atoms with E-state index < -0.39 is 0 Å². The predicted molar refractivity (Wildman–Crippen MR) is 93.5 cm³/mol. The van der Waals surface area contributed by atoms with Gasteiger partial charge in [0.15, 0.2) is 5.96 Å². The molecule has 3 rings (SSSR count). The van der Waals surface area contributed by atoms with E-state index in [1.165, 1.54) is 31.7 Å². The second-order valence-corrected chi connectivity index (χ2v) is 6.49. The zero-order valence-electron chi connectivity index (χ0n) is 14.0. The Hall–Kier alpha value is -1.78. The number of nitrogens with one attached hydrogen (secondary N) is 1. The molecule has 2 fully saturated rings. The zero-order valence-corrected chi connectivity index (χ0v) is 14.0. The molecule has 1 N–H and O–H groups in total. The van der Waals surface area contributed by atoms with Crippen LogP contribution in [-0.4, -0.2) is 50.6 Å². The van der Waals surface area contributed by atoms with Gasteiger partial charge in [0.25, 0.3) is 0 Å². The molecule has 1 saturated carbocycles. The SMILES string of the molecule is CN=C(NCCCC1CC1)N1CCN(c2ccccc2F)CC1. The monoisotopic (exact) mass is 318 g/mol. The highest BCUT2D eigenvalue weighted by atomic mass is 19.1. The van der Waals surface area contributed by atoms with E-state index in [1.54, 1.807) is 6.07 Å². The summed E-state index contributed by atoms with van der Waals surface area (Å²) in [7, 11) is 1.84. The van der Waals surface area contributed by atoms with Crippen LogP contribution < -0.4 is 10.2 Å². The molecule has 1 aliphatic heterocycles. The predicted octanol–water partition coefficient (Wildman–Crippen LogP) is 2.71. The molecule has 0 atom stereocenters. The lowest BCUT2D eigenvalue weighted by Crippen LogP contribution is -2.52. The Morgan fingerprint density at radius 2 is 1.96 bits per heavy atom. The third-order valence-electron chi connectivity index (χ3n) is 4.75. The Balaban J connectivity index is 1.45. The molecule has 0 bridgehead atoms. The van der Waals surface area contributed by atoms with Gasteiger partial charge in [0.1, 0.15) is 5.82 Å². The highest BCUT2D eigenvalue weighted by Crippen LogP contribution is 2.33. The van der Waals surface area contributed by atoms with Crippen molar-refractivity contribution < 1.29 is 4.39 Å². The second-order valence-electron chi connectivity index (χ2n) is 6.49. The van der Waals surface area contributed by atoms with Crippen LogP contribution in [0.15, 0.2) is 29.3 Å². The van der Waals surface area contributed by atoms with Gasteiger partial charge in [-0.3, -0.25) is 4.99 Å². The average molecular weight is 318 g/mol. The maximum atomic E-state index is 13.9. The van der Waals surface area contributed by atoms with Crippen molar-refractivity contribution in [1.82, 2.24) is 10.2 Å². The number of halogens is 1. The van der Waals surface area contributed by atoms with E-state index in [9.17, 15) is 4.39 Å². The Morgan fingerprint density at radius 3 is 2.61 bits per heavy atom. The highest BCUT2D eigenvalue weighted by Gasteiger charge is 2.22. The Bertz CT molecular complexity index is 534. The third-order valence-corrected chi connectivity index (χ3v) is 4.75. The molecule has 23 heavy (non-hydrogen) atoms. The number of rotatable bonds is 5. The summed E-state index contributed by atoms with van der Waals surface area (Å²) in [4.78, 5) is 8.79. The molecule has 1 saturated heterocycles. The van der Waals surface area contributed by atoms with Crippen LogP contribution in [0.3, 0.4) is 0 Å². The maximum Gasteiger partial charge on any atom is 0.193 e. The van der Waals surface area contributed by atoms with E-state index in [4.69, 9.17) is 0 Å². The molecule has 1 aliphatic carbocycles. The van der Waals surface area contributed by atoms with Gasteiger partial charge in [-0.05, 0) is 30.9 Å². The molecule has 4 nitrogen and oxygen atoms in total. The molecule has 1 heterocycles. The van der Waals surface area contributed by atoms with Crippen molar-refractivity contribution in [2.75, 3.05) is 44.7 Å². The molecule has 2 aliphatic rings. The summed E-state index contributed by atoms with van der Waals surface area (Å²) < 4.78 is 13.9. The van der Waals surface area contributed by atoms with E-state index in [0.717, 1.165) is 44.6 Å². The number of aliphatic imine (C=N–C) groups is 1. The van der Waals surface area contributed by atoms with Gasteiger partial charge in [-0.25, -0.2) is 4.39 Å². The average Bonchev–Trinajstić information content (AvgIpc) is 3.40. The second kappa shape index (κ2) is 7.66. The van der Waals surface area contributed by atoms with Gasteiger partial charge in [0, 0.05) is 39.8 Å². The van der Waals surface area contributed by atoms with Gasteiger partial charge in [-0.1, -0.05) is 25.0 Å². The molecule has 5 heteroatoms. The van der Waals surface area contributed by atoms with Gasteiger partial charge in [0.05, 0.1) is 5.69 Å². The molecule has 1 aromatic carbocycles. The van der Waals surface area contributed by atoms with Crippen LogP contribution in [0.4, 0.5) is 10.1 Å². The van der Waals surface area contributed by atoms with Crippen molar-refractivity contribution >= 4 is 11.6 Å². The Morgan fingerprint density at radius 1 is 1.22 bits per heavy atom. The van der Waals surface area contributed by atoms with Gasteiger partial charge in [-0.2, -0.15) is 0 Å². The van der Waals surface area contributed by atoms with Crippen molar-refractivity contribution in [3.8, 4) is 0 Å². The summed E-state index contributed by atoms with van der Waals surface area (Å²) in [6.07, 6.45) is 5.41. The summed E-state index contributed by atoms with van der Waals surface area (Å²) >= 11 is 0. The van der Waals surface area contributed by atoms with Gasteiger partial charge in [-0.15, -0.1) is 0 Å². The molecule has 126 valence electrons. The van der Waals surface area contributed by atoms with Crippen molar-refractivity contribution in [3.63, 3.8) is 0 Å². The van der Waals surface area contributed by atoms with Crippen LogP contribution >= 0.6 is 0 Å². The number of hydrogen-bond acceptors (Lipinski definition) is 2. The van der Waals surface area contributed by atoms with E-state index in [1.807, 2.05) is 19.2 Å². The standard InChI is InChI=1S/C18H27FN4/c1-20-18(21-10-4-5-15-8-9-15)23-13-11-22(12-14-23)17-7-3-2-6-16(17)19/h2-3,6-7,15H,4-5,8-14H2,1H3,(H,20,21). The van der Waals surface area contributed by atoms with Crippen molar-refractivity contribution in [1.29, 1.82) is 0 Å². The van der Waals surface area contributed by atoms with Crippen LogP contribution in [0.5, 0.6) is 0 Å². The summed E-state index contributed by atoms with van der Waals surface area (Å²) in [5.41, 5.74) is 0.708. The van der Waals surface area contributed by atoms with Crippen molar-refractivity contribution in [2.24, 2.45) is 10.9 Å². The summed E-state index contributed by atoms with van der Waals surface area (Å²) in [6, 6.07) is 7.02. The molecule has 0 amide bonds. The van der Waals surface area contributed by atoms with Gasteiger partial charge < -0.3 is 15.1 Å². The minimum atomic E-state index is -0.136. The van der Waals surface area contributed by atoms with Crippen molar-refractivity contribution in [3.05, 3.63) is 30.1 Å². The van der Waals surface area contributed by atoms with Gasteiger partial charge >= 0.3 is 0 Å². The first-order valence-corrected chi connectivity index (χ1v) is 8.73. The fourth-order valence-corrected chi connectivity index (χ4v) is 3.20. The quantitative estimate of drug-likeness (QED) is 0.514. The normalized spacial score (nSPS) is 19.1.